The Morgan fingerprint density at radius 3 is 2.39 bits per heavy atom. The molecule has 0 radical (unpaired) electrons. The van der Waals surface area contributed by atoms with Gasteiger partial charge < -0.3 is 5.32 Å². The highest BCUT2D eigenvalue weighted by atomic mass is 32.2. The predicted octanol–water partition coefficient (Wildman–Crippen LogP) is 6.85. The second-order valence-corrected chi connectivity index (χ2v) is 10.4. The van der Waals surface area contributed by atoms with E-state index >= 15 is 0 Å². The van der Waals surface area contributed by atoms with Crippen LogP contribution in [0.5, 0.6) is 0 Å². The van der Waals surface area contributed by atoms with E-state index in [0.29, 0.717) is 0 Å². The minimum Gasteiger partial charge on any atom is -0.374 e. The Morgan fingerprint density at radius 1 is 1.06 bits per heavy atom. The highest BCUT2D eigenvalue weighted by molar-refractivity contribution is 7.84. The molecule has 1 heterocycles. The van der Waals surface area contributed by atoms with Crippen LogP contribution in [0, 0.1) is 0 Å². The molecule has 2 aliphatic rings. The fourth-order valence-corrected chi connectivity index (χ4v) is 5.28. The molecule has 2 aromatic rings. The number of nitrogens with one attached hydrogen (secondary N) is 1. The summed E-state index contributed by atoms with van der Waals surface area (Å²) in [5, 5.41) is 3.58. The number of benzene rings is 2. The Labute approximate surface area is 201 Å². The quantitative estimate of drug-likeness (QED) is 0.365. The number of hydrogen-bond acceptors (Lipinski definition) is 2. The summed E-state index contributed by atoms with van der Waals surface area (Å²) in [6.07, 6.45) is 15.5. The second kappa shape index (κ2) is 10.8. The van der Waals surface area contributed by atoms with Crippen LogP contribution >= 0.6 is 0 Å². The van der Waals surface area contributed by atoms with Gasteiger partial charge in [-0.25, -0.2) is 0 Å². The first-order chi connectivity index (χ1) is 16.0. The fourth-order valence-electron chi connectivity index (χ4n) is 4.76. The molecule has 0 aromatic heterocycles. The van der Waals surface area contributed by atoms with Crippen LogP contribution in [0.2, 0.25) is 0 Å². The molecule has 1 aliphatic carbocycles. The van der Waals surface area contributed by atoms with E-state index in [-0.39, 0.29) is 6.04 Å². The third-order valence-corrected chi connectivity index (χ3v) is 7.72. The van der Waals surface area contributed by atoms with Gasteiger partial charge in [-0.1, -0.05) is 81.0 Å². The molecule has 4 rings (SSSR count). The van der Waals surface area contributed by atoms with Gasteiger partial charge in [-0.15, -0.1) is 5.73 Å². The van der Waals surface area contributed by atoms with Gasteiger partial charge in [-0.3, -0.25) is 4.21 Å². The highest BCUT2D eigenvalue weighted by Gasteiger charge is 2.19. The molecule has 1 N–H and O–H groups in total. The lowest BCUT2D eigenvalue weighted by Gasteiger charge is -2.25. The van der Waals surface area contributed by atoms with Crippen LogP contribution in [0.3, 0.4) is 0 Å². The lowest BCUT2D eigenvalue weighted by atomic mass is 9.83. The van der Waals surface area contributed by atoms with Crippen LogP contribution in [0.25, 0.3) is 5.70 Å². The average molecular weight is 456 g/mol. The SMILES string of the molecule is C=C=C(Cc1ccc(C2CCCCC2)cc1)C(=C)C1C=CC=C(c2ccc(S(C)=O)cc2)N1. The lowest BCUT2D eigenvalue weighted by Crippen LogP contribution is -2.30. The molecule has 0 spiro atoms. The van der Waals surface area contributed by atoms with Gasteiger partial charge >= 0.3 is 0 Å². The molecule has 1 aliphatic heterocycles. The first-order valence-corrected chi connectivity index (χ1v) is 13.4. The van der Waals surface area contributed by atoms with Crippen molar-refractivity contribution in [2.45, 2.75) is 55.4 Å². The Kier molecular flexibility index (Phi) is 7.65. The Bertz CT molecular complexity index is 1120. The van der Waals surface area contributed by atoms with Crippen LogP contribution in [-0.4, -0.2) is 16.5 Å². The summed E-state index contributed by atoms with van der Waals surface area (Å²) in [6, 6.07) is 17.0. The van der Waals surface area contributed by atoms with Crippen LogP contribution < -0.4 is 5.32 Å². The van der Waals surface area contributed by atoms with Crippen molar-refractivity contribution in [2.75, 3.05) is 6.26 Å². The summed E-state index contributed by atoms with van der Waals surface area (Å²) < 4.78 is 11.7. The first kappa shape index (κ1) is 23.3. The number of hydrogen-bond donors (Lipinski definition) is 1. The fraction of sp³-hybridized carbons (Fsp3) is 0.300. The molecule has 0 bridgehead atoms. The van der Waals surface area contributed by atoms with Crippen molar-refractivity contribution in [3.8, 4) is 0 Å². The molecule has 2 unspecified atom stereocenters. The normalized spacial score (nSPS) is 19.2. The highest BCUT2D eigenvalue weighted by Crippen LogP contribution is 2.33. The van der Waals surface area contributed by atoms with Crippen molar-refractivity contribution >= 4 is 16.5 Å². The molecule has 33 heavy (non-hydrogen) atoms. The van der Waals surface area contributed by atoms with E-state index in [9.17, 15) is 4.21 Å². The van der Waals surface area contributed by atoms with E-state index in [1.807, 2.05) is 24.3 Å². The largest absolute Gasteiger partial charge is 0.374 e. The summed E-state index contributed by atoms with van der Waals surface area (Å²) in [5.74, 6) is 0.727. The summed E-state index contributed by atoms with van der Waals surface area (Å²) in [6.45, 7) is 8.33. The first-order valence-electron chi connectivity index (χ1n) is 11.8. The molecule has 170 valence electrons. The van der Waals surface area contributed by atoms with Gasteiger partial charge in [0.25, 0.3) is 0 Å². The van der Waals surface area contributed by atoms with Crippen molar-refractivity contribution in [1.29, 1.82) is 0 Å². The van der Waals surface area contributed by atoms with Gasteiger partial charge in [0, 0.05) is 39.6 Å². The Hall–Kier alpha value is -2.87. The number of dihydropyridines is 1. The summed E-state index contributed by atoms with van der Waals surface area (Å²) in [7, 11) is -0.973. The molecule has 0 amide bonds. The molecule has 1 saturated carbocycles. The van der Waals surface area contributed by atoms with Crippen molar-refractivity contribution in [3.63, 3.8) is 0 Å². The van der Waals surface area contributed by atoms with Gasteiger partial charge in [0.2, 0.25) is 0 Å². The van der Waals surface area contributed by atoms with Crippen LogP contribution in [0.4, 0.5) is 0 Å². The molecule has 1 fully saturated rings. The average Bonchev–Trinajstić information content (AvgIpc) is 2.88. The van der Waals surface area contributed by atoms with Crippen molar-refractivity contribution in [3.05, 3.63) is 113 Å². The van der Waals surface area contributed by atoms with Crippen molar-refractivity contribution < 1.29 is 4.21 Å². The molecule has 2 aromatic carbocycles. The zero-order valence-electron chi connectivity index (χ0n) is 19.5. The van der Waals surface area contributed by atoms with Gasteiger partial charge in [0.1, 0.15) is 0 Å². The maximum absolute atomic E-state index is 11.7. The van der Waals surface area contributed by atoms with Gasteiger partial charge in [0.15, 0.2) is 0 Å². The van der Waals surface area contributed by atoms with Gasteiger partial charge in [0.05, 0.1) is 6.04 Å². The molecule has 2 nitrogen and oxygen atoms in total. The molecular formula is C30H33NOS. The Morgan fingerprint density at radius 2 is 1.76 bits per heavy atom. The monoisotopic (exact) mass is 455 g/mol. The topological polar surface area (TPSA) is 29.1 Å². The van der Waals surface area contributed by atoms with Crippen molar-refractivity contribution in [1.82, 2.24) is 5.32 Å². The minimum absolute atomic E-state index is 0.0178. The third-order valence-electron chi connectivity index (χ3n) is 6.79. The summed E-state index contributed by atoms with van der Waals surface area (Å²) in [5.41, 5.74) is 9.98. The van der Waals surface area contributed by atoms with E-state index < -0.39 is 10.8 Å². The smallest absolute Gasteiger partial charge is 0.0704 e. The number of allylic oxidation sites excluding steroid dienone is 2. The molecule has 3 heteroatoms. The van der Waals surface area contributed by atoms with Crippen LogP contribution in [0.15, 0.2) is 102 Å². The van der Waals surface area contributed by atoms with Crippen molar-refractivity contribution in [2.24, 2.45) is 0 Å². The zero-order valence-corrected chi connectivity index (χ0v) is 20.3. The van der Waals surface area contributed by atoms with Crippen LogP contribution in [0.1, 0.15) is 54.7 Å². The minimum atomic E-state index is -0.973. The Balaban J connectivity index is 1.41. The van der Waals surface area contributed by atoms with Gasteiger partial charge in [-0.2, -0.15) is 0 Å². The van der Waals surface area contributed by atoms with E-state index in [1.165, 1.54) is 43.2 Å². The zero-order chi connectivity index (χ0) is 23.2. The third kappa shape index (κ3) is 5.74. The second-order valence-electron chi connectivity index (χ2n) is 9.00. The summed E-state index contributed by atoms with van der Waals surface area (Å²) in [4.78, 5) is 0.832. The standard InChI is InChI=1S/C30H33NOS/c1-4-24(21-23-13-15-26(16-14-23)25-9-6-5-7-10-25)22(2)29-11-8-12-30(31-29)27-17-19-28(20-18-27)33(3)32/h8,11-20,25,29,31H,1-2,5-7,9-10,21H2,3H3. The number of rotatable bonds is 7. The molecule has 0 saturated heterocycles. The molecular weight excluding hydrogens is 422 g/mol. The van der Waals surface area contributed by atoms with E-state index in [4.69, 9.17) is 0 Å². The van der Waals surface area contributed by atoms with Crippen LogP contribution in [-0.2, 0) is 17.2 Å². The van der Waals surface area contributed by atoms with Gasteiger partial charge in [-0.05, 0) is 59.2 Å². The predicted molar refractivity (Wildman–Crippen MR) is 141 cm³/mol. The van der Waals surface area contributed by atoms with E-state index in [0.717, 1.165) is 39.6 Å². The van der Waals surface area contributed by atoms with E-state index in [1.54, 1.807) is 6.26 Å². The lowest BCUT2D eigenvalue weighted by molar-refractivity contribution is 0.443. The maximum Gasteiger partial charge on any atom is 0.0704 e. The maximum atomic E-state index is 11.7. The summed E-state index contributed by atoms with van der Waals surface area (Å²) >= 11 is 0. The van der Waals surface area contributed by atoms with E-state index in [2.05, 4.69) is 66.7 Å². The molecule has 2 atom stereocenters.